The maximum Gasteiger partial charge on any atom is 0.273 e. The predicted octanol–water partition coefficient (Wildman–Crippen LogP) is 5.14. The summed E-state index contributed by atoms with van der Waals surface area (Å²) in [6.45, 7) is 4.81. The van der Waals surface area contributed by atoms with Crippen LogP contribution in [0.5, 0.6) is 0 Å². The first-order chi connectivity index (χ1) is 13.6. The maximum absolute atomic E-state index is 11.5. The van der Waals surface area contributed by atoms with Crippen molar-refractivity contribution in [2.24, 2.45) is 0 Å². The Morgan fingerprint density at radius 3 is 2.86 bits per heavy atom. The Morgan fingerprint density at radius 2 is 2.00 bits per heavy atom. The highest BCUT2D eigenvalue weighted by Gasteiger charge is 2.34. The number of rotatable bonds is 3. The van der Waals surface area contributed by atoms with E-state index in [4.69, 9.17) is 0 Å². The summed E-state index contributed by atoms with van der Waals surface area (Å²) in [5.74, 6) is 0. The standard InChI is InChI=1S/C23H25N3O2/c1-16-10-11-21-19(14-16)18-7-4-9-22-23(18)25(21)13-5-12-24(22)15-17-6-2-3-8-20(17)26(27)28/h2-3,6,8,10-11,14,22H,4-5,7,9,12-13,15H2,1H3/t22-/m1/s1. The molecule has 0 amide bonds. The fourth-order valence-electron chi connectivity index (χ4n) is 5.23. The van der Waals surface area contributed by atoms with Crippen molar-refractivity contribution in [1.29, 1.82) is 0 Å². The summed E-state index contributed by atoms with van der Waals surface area (Å²) in [6, 6.07) is 14.4. The molecule has 1 aliphatic heterocycles. The molecule has 5 rings (SSSR count). The lowest BCUT2D eigenvalue weighted by atomic mass is 9.90. The molecule has 2 heterocycles. The molecule has 0 N–H and O–H groups in total. The van der Waals surface area contributed by atoms with E-state index in [-0.39, 0.29) is 10.6 Å². The molecule has 0 radical (unpaired) electrons. The normalized spacial score (nSPS) is 19.4. The molecule has 1 aliphatic carbocycles. The highest BCUT2D eigenvalue weighted by molar-refractivity contribution is 5.87. The Balaban J connectivity index is 1.59. The predicted molar refractivity (Wildman–Crippen MR) is 110 cm³/mol. The van der Waals surface area contributed by atoms with Crippen molar-refractivity contribution in [3.63, 3.8) is 0 Å². The van der Waals surface area contributed by atoms with Gasteiger partial charge in [-0.05, 0) is 50.3 Å². The molecule has 28 heavy (non-hydrogen) atoms. The number of para-hydroxylation sites is 1. The minimum atomic E-state index is -0.251. The van der Waals surface area contributed by atoms with Crippen molar-refractivity contribution in [3.05, 3.63) is 75.0 Å². The number of hydrogen-bond donors (Lipinski definition) is 0. The number of aryl methyl sites for hydroxylation is 3. The number of nitro groups is 1. The first kappa shape index (κ1) is 17.4. The van der Waals surface area contributed by atoms with Crippen molar-refractivity contribution < 1.29 is 4.92 Å². The van der Waals surface area contributed by atoms with E-state index in [0.717, 1.165) is 37.9 Å². The number of fused-ring (bicyclic) bond motifs is 3. The fraction of sp³-hybridized carbons (Fsp3) is 0.391. The third-order valence-corrected chi connectivity index (χ3v) is 6.42. The van der Waals surface area contributed by atoms with Crippen LogP contribution in [-0.4, -0.2) is 20.9 Å². The van der Waals surface area contributed by atoms with Crippen LogP contribution in [0.25, 0.3) is 10.9 Å². The van der Waals surface area contributed by atoms with Crippen LogP contribution in [0.4, 0.5) is 5.69 Å². The third-order valence-electron chi connectivity index (χ3n) is 6.42. The Bertz CT molecular complexity index is 1070. The second-order valence-corrected chi connectivity index (χ2v) is 8.15. The number of nitrogens with zero attached hydrogens (tertiary/aromatic N) is 3. The molecule has 1 aromatic heterocycles. The molecule has 2 aliphatic rings. The van der Waals surface area contributed by atoms with Crippen LogP contribution >= 0.6 is 0 Å². The summed E-state index contributed by atoms with van der Waals surface area (Å²) < 4.78 is 2.54. The van der Waals surface area contributed by atoms with Gasteiger partial charge in [0.25, 0.3) is 5.69 Å². The second-order valence-electron chi connectivity index (χ2n) is 8.15. The van der Waals surface area contributed by atoms with E-state index < -0.39 is 0 Å². The number of nitro benzene ring substituents is 1. The molecule has 3 aromatic rings. The highest BCUT2D eigenvalue weighted by Crippen LogP contribution is 2.43. The zero-order valence-electron chi connectivity index (χ0n) is 16.2. The summed E-state index contributed by atoms with van der Waals surface area (Å²) in [5.41, 5.74) is 6.68. The van der Waals surface area contributed by atoms with Gasteiger partial charge in [-0.1, -0.05) is 29.8 Å². The molecule has 0 spiro atoms. The molecule has 0 saturated carbocycles. The largest absolute Gasteiger partial charge is 0.343 e. The van der Waals surface area contributed by atoms with Gasteiger partial charge in [0.1, 0.15) is 0 Å². The van der Waals surface area contributed by atoms with E-state index >= 15 is 0 Å². The van der Waals surface area contributed by atoms with Crippen LogP contribution in [0, 0.1) is 17.0 Å². The van der Waals surface area contributed by atoms with Crippen LogP contribution in [0.3, 0.4) is 0 Å². The summed E-state index contributed by atoms with van der Waals surface area (Å²) in [6.07, 6.45) is 4.51. The van der Waals surface area contributed by atoms with Gasteiger partial charge in [-0.3, -0.25) is 15.0 Å². The van der Waals surface area contributed by atoms with Crippen LogP contribution in [0.15, 0.2) is 42.5 Å². The smallest absolute Gasteiger partial charge is 0.273 e. The van der Waals surface area contributed by atoms with Gasteiger partial charge in [-0.2, -0.15) is 0 Å². The molecule has 144 valence electrons. The maximum atomic E-state index is 11.5. The van der Waals surface area contributed by atoms with E-state index in [1.165, 1.54) is 34.1 Å². The first-order valence-electron chi connectivity index (χ1n) is 10.2. The molecule has 1 atom stereocenters. The summed E-state index contributed by atoms with van der Waals surface area (Å²) in [7, 11) is 0. The van der Waals surface area contributed by atoms with E-state index in [9.17, 15) is 10.1 Å². The lowest BCUT2D eigenvalue weighted by molar-refractivity contribution is -0.385. The lowest BCUT2D eigenvalue weighted by Gasteiger charge is -2.33. The zero-order valence-corrected chi connectivity index (χ0v) is 16.2. The van der Waals surface area contributed by atoms with Crippen LogP contribution in [0.2, 0.25) is 0 Å². The van der Waals surface area contributed by atoms with Gasteiger partial charge in [-0.25, -0.2) is 0 Å². The molecule has 2 aromatic carbocycles. The quantitative estimate of drug-likeness (QED) is 0.470. The minimum absolute atomic E-state index is 0.235. The third kappa shape index (κ3) is 2.73. The van der Waals surface area contributed by atoms with Crippen LogP contribution in [-0.2, 0) is 19.5 Å². The molecule has 0 bridgehead atoms. The van der Waals surface area contributed by atoms with Crippen molar-refractivity contribution in [2.75, 3.05) is 6.54 Å². The van der Waals surface area contributed by atoms with Gasteiger partial charge in [0.15, 0.2) is 0 Å². The fourth-order valence-corrected chi connectivity index (χ4v) is 5.23. The van der Waals surface area contributed by atoms with Gasteiger partial charge in [0.2, 0.25) is 0 Å². The van der Waals surface area contributed by atoms with Crippen LogP contribution < -0.4 is 0 Å². The second kappa shape index (κ2) is 6.74. The molecular formula is C23H25N3O2. The van der Waals surface area contributed by atoms with Crippen molar-refractivity contribution in [2.45, 2.75) is 51.7 Å². The van der Waals surface area contributed by atoms with E-state index in [1.54, 1.807) is 12.1 Å². The minimum Gasteiger partial charge on any atom is -0.343 e. The van der Waals surface area contributed by atoms with Crippen LogP contribution in [0.1, 0.15) is 47.7 Å². The number of aromatic nitrogens is 1. The summed E-state index contributed by atoms with van der Waals surface area (Å²) in [4.78, 5) is 13.7. The average molecular weight is 375 g/mol. The zero-order chi connectivity index (χ0) is 19.3. The average Bonchev–Trinajstić information content (AvgIpc) is 2.88. The van der Waals surface area contributed by atoms with E-state index in [2.05, 4.69) is 34.6 Å². The molecule has 5 nitrogen and oxygen atoms in total. The van der Waals surface area contributed by atoms with Crippen molar-refractivity contribution >= 4 is 16.6 Å². The first-order valence-corrected chi connectivity index (χ1v) is 10.2. The molecule has 0 saturated heterocycles. The van der Waals surface area contributed by atoms with E-state index in [0.29, 0.717) is 12.6 Å². The summed E-state index contributed by atoms with van der Waals surface area (Å²) >= 11 is 0. The van der Waals surface area contributed by atoms with Gasteiger partial charge in [0.05, 0.1) is 11.0 Å². The van der Waals surface area contributed by atoms with Gasteiger partial charge < -0.3 is 4.57 Å². The Hall–Kier alpha value is -2.66. The number of benzene rings is 2. The highest BCUT2D eigenvalue weighted by atomic mass is 16.6. The topological polar surface area (TPSA) is 51.3 Å². The number of hydrogen-bond acceptors (Lipinski definition) is 3. The molecular weight excluding hydrogens is 350 g/mol. The molecule has 5 heteroatoms. The summed E-state index contributed by atoms with van der Waals surface area (Å²) in [5, 5.41) is 12.9. The van der Waals surface area contributed by atoms with Crippen molar-refractivity contribution in [3.8, 4) is 0 Å². The van der Waals surface area contributed by atoms with Gasteiger partial charge in [0, 0.05) is 47.9 Å². The molecule has 0 fully saturated rings. The monoisotopic (exact) mass is 375 g/mol. The van der Waals surface area contributed by atoms with Gasteiger partial charge in [-0.15, -0.1) is 0 Å². The lowest BCUT2D eigenvalue weighted by Crippen LogP contribution is -2.31. The van der Waals surface area contributed by atoms with Crippen molar-refractivity contribution in [1.82, 2.24) is 9.47 Å². The molecule has 0 unspecified atom stereocenters. The van der Waals surface area contributed by atoms with Gasteiger partial charge >= 0.3 is 0 Å². The Morgan fingerprint density at radius 1 is 1.14 bits per heavy atom. The SMILES string of the molecule is Cc1ccc2c(c1)c1c3n2CCCN(Cc2ccccc2[N+](=O)[O-])[C@@H]3CCC1. The Labute approximate surface area is 164 Å². The van der Waals surface area contributed by atoms with E-state index in [1.807, 2.05) is 12.1 Å². The Kier molecular flexibility index (Phi) is 4.20.